The van der Waals surface area contributed by atoms with E-state index in [-0.39, 0.29) is 0 Å². The fourth-order valence-electron chi connectivity index (χ4n) is 5.74. The van der Waals surface area contributed by atoms with E-state index in [1.165, 1.54) is 32.1 Å². The maximum absolute atomic E-state index is 5.61. The Balaban J connectivity index is 1.61. The summed E-state index contributed by atoms with van der Waals surface area (Å²) in [4.78, 5) is 4.53. The Labute approximate surface area is 120 Å². The van der Waals surface area contributed by atoms with E-state index < -0.39 is 0 Å². The third-order valence-corrected chi connectivity index (χ3v) is 6.19. The second kappa shape index (κ2) is 4.83. The fourth-order valence-corrected chi connectivity index (χ4v) is 5.74. The van der Waals surface area contributed by atoms with E-state index >= 15 is 0 Å². The Morgan fingerprint density at radius 3 is 2.30 bits per heavy atom. The molecule has 2 N–H and O–H groups in total. The molecule has 4 bridgehead atoms. The molecular formula is C16H25N3O. The SMILES string of the molecule is CCC(c1nc(CN)no1)C1C2CC3CC(C2)CC1C3. The van der Waals surface area contributed by atoms with Gasteiger partial charge in [-0.25, -0.2) is 0 Å². The molecular weight excluding hydrogens is 250 g/mol. The minimum Gasteiger partial charge on any atom is -0.339 e. The van der Waals surface area contributed by atoms with Crippen LogP contribution >= 0.6 is 0 Å². The highest BCUT2D eigenvalue weighted by atomic mass is 16.5. The standard InChI is InChI=1S/C16H25N3O/c1-2-13(16-18-14(8-17)19-20-16)15-11-4-9-3-10(6-11)7-12(15)5-9/h9-13,15H,2-8,17H2,1H3. The summed E-state index contributed by atoms with van der Waals surface area (Å²) >= 11 is 0. The van der Waals surface area contributed by atoms with Crippen LogP contribution in [-0.4, -0.2) is 10.1 Å². The molecule has 20 heavy (non-hydrogen) atoms. The zero-order valence-corrected chi connectivity index (χ0v) is 12.3. The first-order valence-corrected chi connectivity index (χ1v) is 8.31. The first-order valence-electron chi connectivity index (χ1n) is 8.31. The van der Waals surface area contributed by atoms with Crippen LogP contribution < -0.4 is 5.73 Å². The number of hydrogen-bond acceptors (Lipinski definition) is 4. The highest BCUT2D eigenvalue weighted by Crippen LogP contribution is 2.60. The third-order valence-electron chi connectivity index (χ3n) is 6.19. The molecule has 4 aliphatic carbocycles. The van der Waals surface area contributed by atoms with E-state index in [2.05, 4.69) is 17.1 Å². The predicted octanol–water partition coefficient (Wildman–Crippen LogP) is 3.09. The van der Waals surface area contributed by atoms with Crippen molar-refractivity contribution in [3.8, 4) is 0 Å². The van der Waals surface area contributed by atoms with Crippen LogP contribution in [0.1, 0.15) is 63.1 Å². The number of hydrogen-bond donors (Lipinski definition) is 1. The summed E-state index contributed by atoms with van der Waals surface area (Å²) < 4.78 is 5.52. The average molecular weight is 275 g/mol. The fraction of sp³-hybridized carbons (Fsp3) is 0.875. The normalized spacial score (nSPS) is 40.2. The van der Waals surface area contributed by atoms with Gasteiger partial charge < -0.3 is 10.3 Å². The van der Waals surface area contributed by atoms with Crippen LogP contribution in [0.3, 0.4) is 0 Å². The van der Waals surface area contributed by atoms with Crippen molar-refractivity contribution in [3.05, 3.63) is 11.7 Å². The molecule has 0 spiro atoms. The van der Waals surface area contributed by atoms with Gasteiger partial charge in [-0.1, -0.05) is 12.1 Å². The quantitative estimate of drug-likeness (QED) is 0.917. The maximum Gasteiger partial charge on any atom is 0.230 e. The summed E-state index contributed by atoms with van der Waals surface area (Å²) in [6, 6.07) is 0. The van der Waals surface area contributed by atoms with E-state index in [1.807, 2.05) is 0 Å². The Hall–Kier alpha value is -0.900. The van der Waals surface area contributed by atoms with E-state index in [0.717, 1.165) is 41.9 Å². The second-order valence-electron chi connectivity index (χ2n) is 7.28. The van der Waals surface area contributed by atoms with Gasteiger partial charge in [0, 0.05) is 5.92 Å². The molecule has 0 aromatic carbocycles. The molecule has 1 heterocycles. The van der Waals surface area contributed by atoms with Gasteiger partial charge in [-0.05, 0) is 68.1 Å². The van der Waals surface area contributed by atoms with Crippen LogP contribution in [0, 0.1) is 29.6 Å². The first kappa shape index (κ1) is 12.8. The number of nitrogens with two attached hydrogens (primary N) is 1. The molecule has 0 amide bonds. The van der Waals surface area contributed by atoms with E-state index in [0.29, 0.717) is 18.3 Å². The van der Waals surface area contributed by atoms with Crippen LogP contribution in [0.4, 0.5) is 0 Å². The van der Waals surface area contributed by atoms with Gasteiger partial charge in [0.05, 0.1) is 6.54 Å². The van der Waals surface area contributed by atoms with Crippen LogP contribution in [0.2, 0.25) is 0 Å². The Kier molecular flexibility index (Phi) is 3.09. The predicted molar refractivity (Wildman–Crippen MR) is 75.8 cm³/mol. The van der Waals surface area contributed by atoms with Crippen molar-refractivity contribution in [1.29, 1.82) is 0 Å². The Bertz CT molecular complexity index is 456. The monoisotopic (exact) mass is 275 g/mol. The van der Waals surface area contributed by atoms with Crippen LogP contribution in [0.5, 0.6) is 0 Å². The molecule has 1 atom stereocenters. The van der Waals surface area contributed by atoms with Gasteiger partial charge in [0.15, 0.2) is 5.82 Å². The van der Waals surface area contributed by atoms with E-state index in [1.54, 1.807) is 0 Å². The molecule has 4 fully saturated rings. The van der Waals surface area contributed by atoms with Gasteiger partial charge in [0.1, 0.15) is 0 Å². The van der Waals surface area contributed by atoms with Crippen molar-refractivity contribution in [1.82, 2.24) is 10.1 Å². The van der Waals surface area contributed by atoms with Crippen LogP contribution in [0.25, 0.3) is 0 Å². The minimum atomic E-state index is 0.377. The summed E-state index contributed by atoms with van der Waals surface area (Å²) in [6.07, 6.45) is 8.42. The summed E-state index contributed by atoms with van der Waals surface area (Å²) in [5.74, 6) is 6.60. The second-order valence-corrected chi connectivity index (χ2v) is 7.28. The summed E-state index contributed by atoms with van der Waals surface area (Å²) in [6.45, 7) is 2.64. The molecule has 0 saturated heterocycles. The Morgan fingerprint density at radius 2 is 1.80 bits per heavy atom. The van der Waals surface area contributed by atoms with E-state index in [4.69, 9.17) is 10.3 Å². The number of nitrogens with zero attached hydrogens (tertiary/aromatic N) is 2. The molecule has 0 radical (unpaired) electrons. The lowest BCUT2D eigenvalue weighted by Gasteiger charge is -2.56. The van der Waals surface area contributed by atoms with Gasteiger partial charge in [-0.2, -0.15) is 4.98 Å². The number of aromatic nitrogens is 2. The molecule has 4 saturated carbocycles. The number of rotatable bonds is 4. The smallest absolute Gasteiger partial charge is 0.230 e. The third kappa shape index (κ3) is 1.92. The topological polar surface area (TPSA) is 64.9 Å². The largest absolute Gasteiger partial charge is 0.339 e. The lowest BCUT2D eigenvalue weighted by atomic mass is 9.49. The van der Waals surface area contributed by atoms with Gasteiger partial charge in [0.2, 0.25) is 5.89 Å². The highest BCUT2D eigenvalue weighted by Gasteiger charge is 2.51. The summed E-state index contributed by atoms with van der Waals surface area (Å²) in [7, 11) is 0. The Morgan fingerprint density at radius 1 is 1.15 bits per heavy atom. The van der Waals surface area contributed by atoms with Crippen molar-refractivity contribution in [2.45, 2.75) is 57.9 Å². The average Bonchev–Trinajstić information content (AvgIpc) is 2.90. The zero-order chi connectivity index (χ0) is 13.7. The van der Waals surface area contributed by atoms with Crippen molar-refractivity contribution >= 4 is 0 Å². The molecule has 4 nitrogen and oxygen atoms in total. The van der Waals surface area contributed by atoms with Gasteiger partial charge in [-0.15, -0.1) is 0 Å². The van der Waals surface area contributed by atoms with Crippen molar-refractivity contribution in [3.63, 3.8) is 0 Å². The minimum absolute atomic E-state index is 0.377. The molecule has 4 heteroatoms. The molecule has 1 aromatic heterocycles. The first-order chi connectivity index (χ1) is 9.78. The van der Waals surface area contributed by atoms with Gasteiger partial charge in [0.25, 0.3) is 0 Å². The summed E-state index contributed by atoms with van der Waals surface area (Å²) in [5, 5.41) is 4.00. The molecule has 110 valence electrons. The maximum atomic E-state index is 5.61. The summed E-state index contributed by atoms with van der Waals surface area (Å²) in [5.41, 5.74) is 5.61. The van der Waals surface area contributed by atoms with Crippen molar-refractivity contribution < 1.29 is 4.52 Å². The zero-order valence-electron chi connectivity index (χ0n) is 12.3. The molecule has 1 unspecified atom stereocenters. The molecule has 5 rings (SSSR count). The van der Waals surface area contributed by atoms with Crippen LogP contribution in [-0.2, 0) is 6.54 Å². The van der Waals surface area contributed by atoms with Crippen LogP contribution in [0.15, 0.2) is 4.52 Å². The van der Waals surface area contributed by atoms with Gasteiger partial charge >= 0.3 is 0 Å². The van der Waals surface area contributed by atoms with Crippen molar-refractivity contribution in [2.24, 2.45) is 35.3 Å². The lowest BCUT2D eigenvalue weighted by molar-refractivity contribution is -0.0521. The lowest BCUT2D eigenvalue weighted by Crippen LogP contribution is -2.47. The molecule has 4 aliphatic rings. The molecule has 1 aromatic rings. The van der Waals surface area contributed by atoms with E-state index in [9.17, 15) is 0 Å². The highest BCUT2D eigenvalue weighted by molar-refractivity contribution is 5.06. The van der Waals surface area contributed by atoms with Gasteiger partial charge in [-0.3, -0.25) is 0 Å². The molecule has 0 aliphatic heterocycles. The van der Waals surface area contributed by atoms with Crippen molar-refractivity contribution in [2.75, 3.05) is 0 Å².